The van der Waals surface area contributed by atoms with Gasteiger partial charge in [0.15, 0.2) is 0 Å². The molecule has 1 heterocycles. The van der Waals surface area contributed by atoms with Crippen molar-refractivity contribution in [1.29, 1.82) is 5.26 Å². The normalized spacial score (nSPS) is 12.0. The monoisotopic (exact) mass is 293 g/mol. The zero-order valence-electron chi connectivity index (χ0n) is 14.2. The van der Waals surface area contributed by atoms with Gasteiger partial charge in [0.1, 0.15) is 0 Å². The maximum absolute atomic E-state index is 9.10. The van der Waals surface area contributed by atoms with E-state index in [9.17, 15) is 0 Å². The fourth-order valence-corrected chi connectivity index (χ4v) is 2.28. The lowest BCUT2D eigenvalue weighted by Crippen LogP contribution is -2.20. The number of hydrogen-bond donors (Lipinski definition) is 0. The van der Waals surface area contributed by atoms with Crippen LogP contribution in [0.15, 0.2) is 30.3 Å². The molecule has 3 nitrogen and oxygen atoms in total. The van der Waals surface area contributed by atoms with Crippen LogP contribution in [0.5, 0.6) is 0 Å². The lowest BCUT2D eigenvalue weighted by molar-refractivity contribution is 0.541. The van der Waals surface area contributed by atoms with Crippen LogP contribution in [0.25, 0.3) is 11.3 Å². The molecule has 0 aliphatic rings. The highest BCUT2D eigenvalue weighted by molar-refractivity contribution is 5.66. The lowest BCUT2D eigenvalue weighted by Gasteiger charge is -2.25. The van der Waals surface area contributed by atoms with Gasteiger partial charge in [-0.25, -0.2) is 0 Å². The minimum absolute atomic E-state index is 0.0416. The van der Waals surface area contributed by atoms with Crippen LogP contribution in [-0.4, -0.2) is 10.2 Å². The molecule has 0 bridgehead atoms. The molecule has 0 amide bonds. The van der Waals surface area contributed by atoms with Crippen LogP contribution in [0.1, 0.15) is 58.4 Å². The van der Waals surface area contributed by atoms with Crippen LogP contribution in [-0.2, 0) is 10.8 Å². The van der Waals surface area contributed by atoms with E-state index in [0.717, 1.165) is 22.5 Å². The average Bonchev–Trinajstić information content (AvgIpc) is 2.45. The van der Waals surface area contributed by atoms with E-state index in [2.05, 4.69) is 63.9 Å². The Balaban J connectivity index is 2.68. The minimum Gasteiger partial charge on any atom is -0.192 e. The summed E-state index contributed by atoms with van der Waals surface area (Å²) in [6.45, 7) is 12.9. The standard InChI is InChI=1S/C19H23N3/c1-18(2,3)15-11-16(19(4,5)6)21-22-17(15)14-9-7-8-13(10-14)12-20/h7-11H,1-6H3. The number of benzene rings is 1. The Bertz CT molecular complexity index is 726. The molecule has 1 aromatic heterocycles. The molecule has 0 aliphatic heterocycles. The molecule has 0 saturated heterocycles. The zero-order chi connectivity index (χ0) is 16.5. The molecule has 0 unspecified atom stereocenters. The first kappa shape index (κ1) is 16.2. The van der Waals surface area contributed by atoms with E-state index in [1.165, 1.54) is 0 Å². The lowest BCUT2D eigenvalue weighted by atomic mass is 9.81. The van der Waals surface area contributed by atoms with Gasteiger partial charge in [0.2, 0.25) is 0 Å². The molecule has 0 aliphatic carbocycles. The van der Waals surface area contributed by atoms with Gasteiger partial charge in [0.05, 0.1) is 23.0 Å². The molecule has 0 saturated carbocycles. The highest BCUT2D eigenvalue weighted by Gasteiger charge is 2.25. The smallest absolute Gasteiger partial charge is 0.0991 e. The molecule has 0 atom stereocenters. The average molecular weight is 293 g/mol. The van der Waals surface area contributed by atoms with Gasteiger partial charge < -0.3 is 0 Å². The van der Waals surface area contributed by atoms with Gasteiger partial charge in [0.25, 0.3) is 0 Å². The van der Waals surface area contributed by atoms with Gasteiger partial charge >= 0.3 is 0 Å². The van der Waals surface area contributed by atoms with Crippen molar-refractivity contribution in [2.24, 2.45) is 0 Å². The summed E-state index contributed by atoms with van der Waals surface area (Å²) < 4.78 is 0. The third kappa shape index (κ3) is 3.33. The van der Waals surface area contributed by atoms with Gasteiger partial charge in [-0.3, -0.25) is 0 Å². The molecule has 1 aromatic carbocycles. The molecular formula is C19H23N3. The van der Waals surface area contributed by atoms with Crippen molar-refractivity contribution in [3.8, 4) is 17.3 Å². The molecule has 114 valence electrons. The molecule has 3 heteroatoms. The van der Waals surface area contributed by atoms with E-state index in [-0.39, 0.29) is 10.8 Å². The third-order valence-electron chi connectivity index (χ3n) is 3.64. The molecular weight excluding hydrogens is 270 g/mol. The van der Waals surface area contributed by atoms with Crippen LogP contribution >= 0.6 is 0 Å². The Morgan fingerprint density at radius 2 is 1.59 bits per heavy atom. The van der Waals surface area contributed by atoms with Crippen LogP contribution in [0.2, 0.25) is 0 Å². The van der Waals surface area contributed by atoms with Gasteiger partial charge in [0, 0.05) is 11.0 Å². The van der Waals surface area contributed by atoms with Crippen LogP contribution < -0.4 is 0 Å². The topological polar surface area (TPSA) is 49.6 Å². The zero-order valence-corrected chi connectivity index (χ0v) is 14.2. The number of hydrogen-bond acceptors (Lipinski definition) is 3. The number of nitrogens with zero attached hydrogens (tertiary/aromatic N) is 3. The molecule has 2 aromatic rings. The second kappa shape index (κ2) is 5.53. The summed E-state index contributed by atoms with van der Waals surface area (Å²) in [5.74, 6) is 0. The highest BCUT2D eigenvalue weighted by Crippen LogP contribution is 2.34. The van der Waals surface area contributed by atoms with E-state index >= 15 is 0 Å². The minimum atomic E-state index is -0.0477. The van der Waals surface area contributed by atoms with Gasteiger partial charge in [-0.1, -0.05) is 53.7 Å². The molecule has 0 spiro atoms. The van der Waals surface area contributed by atoms with Crippen molar-refractivity contribution in [2.45, 2.75) is 52.4 Å². The number of aromatic nitrogens is 2. The van der Waals surface area contributed by atoms with E-state index in [1.807, 2.05) is 18.2 Å². The SMILES string of the molecule is CC(C)(C)c1cc(C(C)(C)C)c(-c2cccc(C#N)c2)nn1. The molecule has 0 radical (unpaired) electrons. The number of rotatable bonds is 1. The van der Waals surface area contributed by atoms with Crippen molar-refractivity contribution < 1.29 is 0 Å². The first-order valence-corrected chi connectivity index (χ1v) is 7.52. The predicted octanol–water partition coefficient (Wildman–Crippen LogP) is 4.61. The van der Waals surface area contributed by atoms with Gasteiger partial charge in [-0.05, 0) is 29.2 Å². The summed E-state index contributed by atoms with van der Waals surface area (Å²) in [6, 6.07) is 11.9. The van der Waals surface area contributed by atoms with Crippen molar-refractivity contribution >= 4 is 0 Å². The Morgan fingerprint density at radius 3 is 2.14 bits per heavy atom. The first-order valence-electron chi connectivity index (χ1n) is 7.52. The van der Waals surface area contributed by atoms with Crippen molar-refractivity contribution in [2.75, 3.05) is 0 Å². The maximum atomic E-state index is 9.10. The van der Waals surface area contributed by atoms with E-state index in [0.29, 0.717) is 5.56 Å². The van der Waals surface area contributed by atoms with Crippen LogP contribution in [0.3, 0.4) is 0 Å². The summed E-state index contributed by atoms with van der Waals surface area (Å²) in [5.41, 5.74) is 4.49. The largest absolute Gasteiger partial charge is 0.192 e. The molecule has 0 fully saturated rings. The van der Waals surface area contributed by atoms with Crippen molar-refractivity contribution in [1.82, 2.24) is 10.2 Å². The third-order valence-corrected chi connectivity index (χ3v) is 3.64. The molecule has 0 N–H and O–H groups in total. The van der Waals surface area contributed by atoms with E-state index in [4.69, 9.17) is 5.26 Å². The summed E-state index contributed by atoms with van der Waals surface area (Å²) >= 11 is 0. The van der Waals surface area contributed by atoms with E-state index < -0.39 is 0 Å². The first-order chi connectivity index (χ1) is 10.1. The summed E-state index contributed by atoms with van der Waals surface area (Å²) in [7, 11) is 0. The fourth-order valence-electron chi connectivity index (χ4n) is 2.28. The van der Waals surface area contributed by atoms with Gasteiger partial charge in [-0.2, -0.15) is 10.4 Å². The maximum Gasteiger partial charge on any atom is 0.0991 e. The summed E-state index contributed by atoms with van der Waals surface area (Å²) in [5, 5.41) is 18.0. The summed E-state index contributed by atoms with van der Waals surface area (Å²) in [4.78, 5) is 0. The Kier molecular flexibility index (Phi) is 4.06. The Morgan fingerprint density at radius 1 is 0.909 bits per heavy atom. The molecule has 22 heavy (non-hydrogen) atoms. The molecule has 2 rings (SSSR count). The van der Waals surface area contributed by atoms with Crippen molar-refractivity contribution in [3.63, 3.8) is 0 Å². The van der Waals surface area contributed by atoms with Crippen LogP contribution in [0, 0.1) is 11.3 Å². The quantitative estimate of drug-likeness (QED) is 0.771. The fraction of sp³-hybridized carbons (Fsp3) is 0.421. The summed E-state index contributed by atoms with van der Waals surface area (Å²) in [6.07, 6.45) is 0. The van der Waals surface area contributed by atoms with E-state index in [1.54, 1.807) is 6.07 Å². The van der Waals surface area contributed by atoms with Crippen molar-refractivity contribution in [3.05, 3.63) is 47.2 Å². The Labute approximate surface area is 133 Å². The Hall–Kier alpha value is -2.21. The van der Waals surface area contributed by atoms with Gasteiger partial charge in [-0.15, -0.1) is 5.10 Å². The van der Waals surface area contributed by atoms with Crippen LogP contribution in [0.4, 0.5) is 0 Å². The highest BCUT2D eigenvalue weighted by atomic mass is 15.1. The number of nitriles is 1. The predicted molar refractivity (Wildman–Crippen MR) is 89.6 cm³/mol. The second-order valence-electron chi connectivity index (χ2n) is 7.68. The second-order valence-corrected chi connectivity index (χ2v) is 7.68.